The van der Waals surface area contributed by atoms with Gasteiger partial charge in [0.2, 0.25) is 0 Å². The second kappa shape index (κ2) is 9.82. The van der Waals surface area contributed by atoms with Crippen LogP contribution in [0.2, 0.25) is 0 Å². The van der Waals surface area contributed by atoms with Gasteiger partial charge in [0.15, 0.2) is 6.04 Å². The Morgan fingerprint density at radius 3 is 2.47 bits per heavy atom. The van der Waals surface area contributed by atoms with Crippen molar-refractivity contribution >= 4 is 11.6 Å². The van der Waals surface area contributed by atoms with Crippen LogP contribution in [0.4, 0.5) is 10.1 Å². The fraction of sp³-hybridized carbons (Fsp3) is 0.200. The normalized spacial score (nSPS) is 12.6. The van der Waals surface area contributed by atoms with E-state index in [2.05, 4.69) is 30.4 Å². The second-order valence-corrected chi connectivity index (χ2v) is 7.26. The first kappa shape index (κ1) is 21.2. The number of anilines is 1. The largest absolute Gasteiger partial charge is 0.326 e. The second-order valence-electron chi connectivity index (χ2n) is 7.26. The highest BCUT2D eigenvalue weighted by Crippen LogP contribution is 2.21. The highest BCUT2D eigenvalue weighted by molar-refractivity contribution is 5.94. The van der Waals surface area contributed by atoms with Gasteiger partial charge in [-0.15, -0.1) is 0 Å². The first-order valence-electron chi connectivity index (χ1n) is 10.0. The molecule has 3 aromatic carbocycles. The molecule has 0 heterocycles. The molecule has 0 aliphatic carbocycles. The summed E-state index contributed by atoms with van der Waals surface area (Å²) in [6.07, 6.45) is 0.936. The first-order valence-corrected chi connectivity index (χ1v) is 10.0. The van der Waals surface area contributed by atoms with Gasteiger partial charge in [0.25, 0.3) is 5.91 Å². The molecule has 4 nitrogen and oxygen atoms in total. The molecule has 2 atom stereocenters. The quantitative estimate of drug-likeness (QED) is 0.628. The molecule has 152 valence electrons. The van der Waals surface area contributed by atoms with E-state index in [1.54, 1.807) is 37.3 Å². The molecule has 0 fully saturated rings. The van der Waals surface area contributed by atoms with E-state index >= 15 is 0 Å². The third-order valence-electron chi connectivity index (χ3n) is 5.15. The molecule has 5 heteroatoms. The predicted octanol–water partition coefficient (Wildman–Crippen LogP) is 3.94. The molecule has 0 bridgehead atoms. The number of carbonyl (C=O) groups is 1. The molecular weight excluding hydrogens is 377 g/mol. The number of nitrogens with zero attached hydrogens (tertiary/aromatic N) is 1. The Labute approximate surface area is 176 Å². The number of aryl methyl sites for hydroxylation is 1. The highest BCUT2D eigenvalue weighted by atomic mass is 19.1. The molecule has 0 radical (unpaired) electrons. The topological polar surface area (TPSA) is 69.5 Å². The molecule has 3 rings (SSSR count). The SMILES string of the molecule is CCc1ccc([C@H]([NH2+][C@@H](C)C(=O)Nc2ccccc2C#N)c2cccc(F)c2)cc1. The van der Waals surface area contributed by atoms with Gasteiger partial charge in [-0.25, -0.2) is 4.39 Å². The molecule has 3 N–H and O–H groups in total. The molecule has 0 saturated heterocycles. The molecule has 0 saturated carbocycles. The minimum Gasteiger partial charge on any atom is -0.326 e. The summed E-state index contributed by atoms with van der Waals surface area (Å²) in [6, 6.07) is 22.9. The lowest BCUT2D eigenvalue weighted by Crippen LogP contribution is -2.92. The Hall–Kier alpha value is -3.49. The van der Waals surface area contributed by atoms with E-state index in [9.17, 15) is 14.4 Å². The number of nitriles is 1. The summed E-state index contributed by atoms with van der Waals surface area (Å²) in [6.45, 7) is 3.90. The van der Waals surface area contributed by atoms with Gasteiger partial charge < -0.3 is 10.6 Å². The predicted molar refractivity (Wildman–Crippen MR) is 115 cm³/mol. The van der Waals surface area contributed by atoms with E-state index in [0.717, 1.165) is 17.5 Å². The van der Waals surface area contributed by atoms with Crippen molar-refractivity contribution in [3.05, 3.63) is 101 Å². The summed E-state index contributed by atoms with van der Waals surface area (Å²) < 4.78 is 13.9. The number of hydrogen-bond acceptors (Lipinski definition) is 2. The Bertz CT molecular complexity index is 1060. The average molecular weight is 402 g/mol. The number of quaternary nitrogens is 1. The van der Waals surface area contributed by atoms with Crippen molar-refractivity contribution in [3.8, 4) is 6.07 Å². The lowest BCUT2D eigenvalue weighted by molar-refractivity contribution is -0.704. The van der Waals surface area contributed by atoms with Crippen LogP contribution in [0.25, 0.3) is 0 Å². The zero-order valence-electron chi connectivity index (χ0n) is 17.1. The van der Waals surface area contributed by atoms with Crippen molar-refractivity contribution in [3.63, 3.8) is 0 Å². The van der Waals surface area contributed by atoms with Crippen LogP contribution >= 0.6 is 0 Å². The summed E-state index contributed by atoms with van der Waals surface area (Å²) in [4.78, 5) is 12.8. The summed E-state index contributed by atoms with van der Waals surface area (Å²) >= 11 is 0. The van der Waals surface area contributed by atoms with Crippen molar-refractivity contribution in [1.29, 1.82) is 5.26 Å². The van der Waals surface area contributed by atoms with E-state index in [1.165, 1.54) is 17.7 Å². The van der Waals surface area contributed by atoms with Crippen LogP contribution in [0.1, 0.15) is 42.1 Å². The summed E-state index contributed by atoms with van der Waals surface area (Å²) in [5.41, 5.74) is 3.90. The fourth-order valence-corrected chi connectivity index (χ4v) is 3.39. The highest BCUT2D eigenvalue weighted by Gasteiger charge is 2.25. The summed E-state index contributed by atoms with van der Waals surface area (Å²) in [5.74, 6) is -0.527. The maximum absolute atomic E-state index is 13.9. The monoisotopic (exact) mass is 402 g/mol. The number of amides is 1. The van der Waals surface area contributed by atoms with Crippen molar-refractivity contribution in [2.24, 2.45) is 0 Å². The Morgan fingerprint density at radius 2 is 1.80 bits per heavy atom. The third-order valence-corrected chi connectivity index (χ3v) is 5.15. The first-order chi connectivity index (χ1) is 14.5. The lowest BCUT2D eigenvalue weighted by Gasteiger charge is -2.21. The van der Waals surface area contributed by atoms with Gasteiger partial charge in [-0.3, -0.25) is 4.79 Å². The summed E-state index contributed by atoms with van der Waals surface area (Å²) in [5, 5.41) is 14.0. The molecular formula is C25H25FN3O+. The number of carbonyl (C=O) groups excluding carboxylic acids is 1. The molecule has 0 aliphatic heterocycles. The van der Waals surface area contributed by atoms with Gasteiger partial charge in [-0.05, 0) is 43.2 Å². The minimum absolute atomic E-state index is 0.218. The zero-order chi connectivity index (χ0) is 21.5. The van der Waals surface area contributed by atoms with Crippen molar-refractivity contribution in [1.82, 2.24) is 0 Å². The summed E-state index contributed by atoms with van der Waals surface area (Å²) in [7, 11) is 0. The van der Waals surface area contributed by atoms with E-state index in [4.69, 9.17) is 0 Å². The van der Waals surface area contributed by atoms with Crippen LogP contribution in [0, 0.1) is 17.1 Å². The number of nitrogens with two attached hydrogens (primary N) is 1. The number of benzene rings is 3. The Morgan fingerprint density at radius 1 is 1.07 bits per heavy atom. The molecule has 30 heavy (non-hydrogen) atoms. The van der Waals surface area contributed by atoms with Gasteiger partial charge in [0.05, 0.1) is 11.3 Å². The molecule has 0 aromatic heterocycles. The molecule has 3 aromatic rings. The lowest BCUT2D eigenvalue weighted by atomic mass is 9.96. The number of para-hydroxylation sites is 1. The molecule has 0 unspecified atom stereocenters. The number of hydrogen-bond donors (Lipinski definition) is 2. The fourth-order valence-electron chi connectivity index (χ4n) is 3.39. The van der Waals surface area contributed by atoms with Crippen molar-refractivity contribution in [2.75, 3.05) is 5.32 Å². The van der Waals surface area contributed by atoms with Crippen LogP contribution in [-0.4, -0.2) is 11.9 Å². The van der Waals surface area contributed by atoms with Gasteiger partial charge in [-0.1, -0.05) is 55.5 Å². The van der Waals surface area contributed by atoms with Crippen LogP contribution < -0.4 is 10.6 Å². The van der Waals surface area contributed by atoms with Crippen LogP contribution in [0.15, 0.2) is 72.8 Å². The number of halogens is 1. The van der Waals surface area contributed by atoms with E-state index < -0.39 is 6.04 Å². The van der Waals surface area contributed by atoms with E-state index in [1.807, 2.05) is 23.5 Å². The van der Waals surface area contributed by atoms with Crippen LogP contribution in [0.3, 0.4) is 0 Å². The molecule has 0 spiro atoms. The molecule has 1 amide bonds. The van der Waals surface area contributed by atoms with Gasteiger partial charge in [-0.2, -0.15) is 5.26 Å². The van der Waals surface area contributed by atoms with Gasteiger partial charge in [0, 0.05) is 11.1 Å². The third kappa shape index (κ3) is 5.11. The number of nitrogens with one attached hydrogen (secondary N) is 1. The van der Waals surface area contributed by atoms with E-state index in [-0.39, 0.29) is 17.8 Å². The Balaban J connectivity index is 1.84. The van der Waals surface area contributed by atoms with E-state index in [0.29, 0.717) is 11.3 Å². The molecule has 0 aliphatic rings. The van der Waals surface area contributed by atoms with Crippen molar-refractivity contribution in [2.45, 2.75) is 32.4 Å². The van der Waals surface area contributed by atoms with Gasteiger partial charge in [0.1, 0.15) is 17.9 Å². The zero-order valence-corrected chi connectivity index (χ0v) is 17.1. The maximum Gasteiger partial charge on any atom is 0.282 e. The average Bonchev–Trinajstić information content (AvgIpc) is 2.77. The van der Waals surface area contributed by atoms with Crippen LogP contribution in [0.5, 0.6) is 0 Å². The van der Waals surface area contributed by atoms with Gasteiger partial charge >= 0.3 is 0 Å². The maximum atomic E-state index is 13.9. The smallest absolute Gasteiger partial charge is 0.282 e. The van der Waals surface area contributed by atoms with Crippen LogP contribution in [-0.2, 0) is 11.2 Å². The van der Waals surface area contributed by atoms with Crippen molar-refractivity contribution < 1.29 is 14.5 Å². The number of rotatable bonds is 7. The minimum atomic E-state index is -0.462. The standard InChI is InChI=1S/C25H24FN3O/c1-3-18-11-13-19(14-12-18)24(20-8-6-9-22(26)15-20)28-17(2)25(30)29-23-10-5-4-7-21(23)16-27/h4-15,17,24,28H,3H2,1-2H3,(H,29,30)/p+1/t17-,24-/m0/s1. The Kier molecular flexibility index (Phi) is 6.95.